The molecule has 3 rings (SSSR count). The van der Waals surface area contributed by atoms with Gasteiger partial charge in [-0.2, -0.15) is 0 Å². The number of aromatic nitrogens is 4. The van der Waals surface area contributed by atoms with E-state index in [0.717, 1.165) is 5.56 Å². The van der Waals surface area contributed by atoms with Gasteiger partial charge in [0.05, 0.1) is 11.5 Å². The molecule has 0 saturated carbocycles. The minimum atomic E-state index is -3.15. The highest BCUT2D eigenvalue weighted by Gasteiger charge is 2.12. The van der Waals surface area contributed by atoms with Crippen molar-refractivity contribution in [3.8, 4) is 0 Å². The smallest absolute Gasteiger partial charge is 0.183 e. The summed E-state index contributed by atoms with van der Waals surface area (Å²) in [6.45, 7) is 0.264. The molecule has 0 aliphatic heterocycles. The third-order valence-electron chi connectivity index (χ3n) is 3.52. The number of anilines is 1. The van der Waals surface area contributed by atoms with Gasteiger partial charge in [0.25, 0.3) is 0 Å². The average Bonchev–Trinajstić information content (AvgIpc) is 2.61. The van der Waals surface area contributed by atoms with E-state index in [4.69, 9.17) is 0 Å². The van der Waals surface area contributed by atoms with Crippen molar-refractivity contribution in [2.75, 3.05) is 23.4 Å². The van der Waals surface area contributed by atoms with E-state index in [0.29, 0.717) is 23.4 Å². The van der Waals surface area contributed by atoms with Gasteiger partial charge in [0.1, 0.15) is 11.8 Å². The van der Waals surface area contributed by atoms with Gasteiger partial charge in [-0.25, -0.2) is 28.4 Å². The molecule has 0 bridgehead atoms. The van der Waals surface area contributed by atoms with Crippen molar-refractivity contribution in [2.45, 2.75) is 6.42 Å². The van der Waals surface area contributed by atoms with Crippen LogP contribution in [0.1, 0.15) is 5.56 Å². The van der Waals surface area contributed by atoms with Gasteiger partial charge in [-0.05, 0) is 12.0 Å². The van der Waals surface area contributed by atoms with Gasteiger partial charge in [0.2, 0.25) is 0 Å². The molecule has 8 heteroatoms. The molecule has 0 unspecified atom stereocenters. The van der Waals surface area contributed by atoms with E-state index in [1.54, 1.807) is 12.4 Å². The summed E-state index contributed by atoms with van der Waals surface area (Å²) in [5.41, 5.74) is 2.02. The third kappa shape index (κ3) is 4.23. The van der Waals surface area contributed by atoms with Crippen molar-refractivity contribution in [3.05, 3.63) is 54.6 Å². The lowest BCUT2D eigenvalue weighted by molar-refractivity contribution is 0.595. The molecule has 2 heterocycles. The Bertz CT molecular complexity index is 911. The van der Waals surface area contributed by atoms with Crippen molar-refractivity contribution in [1.29, 1.82) is 0 Å². The minimum absolute atomic E-state index is 0.0333. The molecule has 7 nitrogen and oxygen atoms in total. The molecular weight excluding hydrogens is 326 g/mol. The Morgan fingerprint density at radius 3 is 2.54 bits per heavy atom. The average molecular weight is 343 g/mol. The van der Waals surface area contributed by atoms with Crippen LogP contribution in [0.25, 0.3) is 11.2 Å². The SMILES string of the molecule is O=S(=O)(CCNc1ncnc2nccnc12)CCc1ccccc1. The highest BCUT2D eigenvalue weighted by atomic mass is 32.2. The van der Waals surface area contributed by atoms with Crippen LogP contribution in [-0.2, 0) is 16.3 Å². The van der Waals surface area contributed by atoms with Crippen LogP contribution in [0.4, 0.5) is 5.82 Å². The van der Waals surface area contributed by atoms with Crippen molar-refractivity contribution < 1.29 is 8.42 Å². The monoisotopic (exact) mass is 343 g/mol. The lowest BCUT2D eigenvalue weighted by Gasteiger charge is -2.08. The molecule has 0 atom stereocenters. The maximum Gasteiger partial charge on any atom is 0.183 e. The van der Waals surface area contributed by atoms with Crippen molar-refractivity contribution in [1.82, 2.24) is 19.9 Å². The fraction of sp³-hybridized carbons (Fsp3) is 0.250. The van der Waals surface area contributed by atoms with Crippen LogP contribution in [0, 0.1) is 0 Å². The summed E-state index contributed by atoms with van der Waals surface area (Å²) in [6.07, 6.45) is 5.00. The fourth-order valence-electron chi connectivity index (χ4n) is 2.27. The number of fused-ring (bicyclic) bond motifs is 1. The summed E-state index contributed by atoms with van der Waals surface area (Å²) in [5, 5.41) is 3.01. The Morgan fingerprint density at radius 1 is 0.917 bits per heavy atom. The van der Waals surface area contributed by atoms with Gasteiger partial charge < -0.3 is 5.32 Å². The molecular formula is C16H17N5O2S. The Balaban J connectivity index is 1.57. The summed E-state index contributed by atoms with van der Waals surface area (Å²) >= 11 is 0. The Hall–Kier alpha value is -2.61. The van der Waals surface area contributed by atoms with Gasteiger partial charge in [0, 0.05) is 18.9 Å². The Labute approximate surface area is 140 Å². The van der Waals surface area contributed by atoms with Crippen molar-refractivity contribution in [2.24, 2.45) is 0 Å². The highest BCUT2D eigenvalue weighted by molar-refractivity contribution is 7.91. The molecule has 3 aromatic rings. The topological polar surface area (TPSA) is 97.7 Å². The number of aryl methyl sites for hydroxylation is 1. The quantitative estimate of drug-likeness (QED) is 0.694. The van der Waals surface area contributed by atoms with E-state index >= 15 is 0 Å². The van der Waals surface area contributed by atoms with Crippen LogP contribution in [0.15, 0.2) is 49.1 Å². The fourth-order valence-corrected chi connectivity index (χ4v) is 3.43. The first kappa shape index (κ1) is 16.3. The molecule has 0 aliphatic rings. The first-order valence-corrected chi connectivity index (χ1v) is 9.36. The van der Waals surface area contributed by atoms with Crippen LogP contribution in [0.2, 0.25) is 0 Å². The maximum absolute atomic E-state index is 12.2. The number of nitrogens with one attached hydrogen (secondary N) is 1. The van der Waals surface area contributed by atoms with Gasteiger partial charge >= 0.3 is 0 Å². The second kappa shape index (κ2) is 7.31. The van der Waals surface area contributed by atoms with Crippen LogP contribution < -0.4 is 5.32 Å². The first-order valence-electron chi connectivity index (χ1n) is 7.54. The molecule has 0 aliphatic carbocycles. The van der Waals surface area contributed by atoms with Crippen molar-refractivity contribution in [3.63, 3.8) is 0 Å². The molecule has 1 aromatic carbocycles. The molecule has 0 fully saturated rings. The Kier molecular flexibility index (Phi) is 4.95. The lowest BCUT2D eigenvalue weighted by Crippen LogP contribution is -2.20. The minimum Gasteiger partial charge on any atom is -0.367 e. The number of benzene rings is 1. The second-order valence-corrected chi connectivity index (χ2v) is 7.57. The van der Waals surface area contributed by atoms with Crippen molar-refractivity contribution >= 4 is 26.8 Å². The number of hydrogen-bond donors (Lipinski definition) is 1. The molecule has 0 radical (unpaired) electrons. The second-order valence-electron chi connectivity index (χ2n) is 5.27. The zero-order chi connectivity index (χ0) is 16.8. The molecule has 1 N–H and O–H groups in total. The van der Waals surface area contributed by atoms with Gasteiger partial charge in [0.15, 0.2) is 21.3 Å². The van der Waals surface area contributed by atoms with E-state index in [1.165, 1.54) is 6.33 Å². The Morgan fingerprint density at radius 2 is 1.71 bits per heavy atom. The summed E-state index contributed by atoms with van der Waals surface area (Å²) in [4.78, 5) is 16.4. The normalized spacial score (nSPS) is 11.5. The van der Waals surface area contributed by atoms with E-state index in [1.807, 2.05) is 30.3 Å². The largest absolute Gasteiger partial charge is 0.367 e. The zero-order valence-electron chi connectivity index (χ0n) is 13.0. The predicted octanol–water partition coefficient (Wildman–Crippen LogP) is 1.49. The van der Waals surface area contributed by atoms with Crippen LogP contribution in [0.3, 0.4) is 0 Å². The number of nitrogens with zero attached hydrogens (tertiary/aromatic N) is 4. The summed E-state index contributed by atoms with van der Waals surface area (Å²) in [5.74, 6) is 0.653. The molecule has 0 spiro atoms. The standard InChI is InChI=1S/C16H17N5O2S/c22-24(23,10-6-13-4-2-1-3-5-13)11-9-19-16-14-15(20-12-21-16)18-8-7-17-14/h1-5,7-8,12H,6,9-11H2,(H,18,19,20,21). The van der Waals surface area contributed by atoms with E-state index in [2.05, 4.69) is 25.3 Å². The highest BCUT2D eigenvalue weighted by Crippen LogP contribution is 2.13. The van der Waals surface area contributed by atoms with Crippen LogP contribution in [0.5, 0.6) is 0 Å². The van der Waals surface area contributed by atoms with Crippen LogP contribution in [-0.4, -0.2) is 46.4 Å². The van der Waals surface area contributed by atoms with E-state index in [-0.39, 0.29) is 18.1 Å². The van der Waals surface area contributed by atoms with E-state index in [9.17, 15) is 8.42 Å². The summed E-state index contributed by atoms with van der Waals surface area (Å²) in [7, 11) is -3.15. The third-order valence-corrected chi connectivity index (χ3v) is 5.17. The lowest BCUT2D eigenvalue weighted by atomic mass is 10.2. The van der Waals surface area contributed by atoms with E-state index < -0.39 is 9.84 Å². The molecule has 0 amide bonds. The molecule has 24 heavy (non-hydrogen) atoms. The summed E-state index contributed by atoms with van der Waals surface area (Å²) < 4.78 is 24.3. The summed E-state index contributed by atoms with van der Waals surface area (Å²) in [6, 6.07) is 9.59. The first-order chi connectivity index (χ1) is 11.6. The number of hydrogen-bond acceptors (Lipinski definition) is 7. The van der Waals surface area contributed by atoms with Crippen LogP contribution >= 0.6 is 0 Å². The van der Waals surface area contributed by atoms with Gasteiger partial charge in [-0.1, -0.05) is 30.3 Å². The maximum atomic E-state index is 12.2. The predicted molar refractivity (Wildman–Crippen MR) is 92.4 cm³/mol. The van der Waals surface area contributed by atoms with Gasteiger partial charge in [-0.3, -0.25) is 0 Å². The van der Waals surface area contributed by atoms with Gasteiger partial charge in [-0.15, -0.1) is 0 Å². The molecule has 2 aromatic heterocycles. The number of rotatable bonds is 7. The number of sulfone groups is 1. The molecule has 124 valence electrons. The zero-order valence-corrected chi connectivity index (χ0v) is 13.8. The molecule has 0 saturated heterocycles.